The first kappa shape index (κ1) is 35.8. The summed E-state index contributed by atoms with van der Waals surface area (Å²) in [6, 6.07) is 11.6. The Balaban J connectivity index is 1.34. The molecule has 2 aromatic heterocycles. The van der Waals surface area contributed by atoms with Crippen LogP contribution < -0.4 is 30.0 Å². The Labute approximate surface area is 303 Å². The molecule has 3 heterocycles. The Hall–Kier alpha value is -5.61. The van der Waals surface area contributed by atoms with E-state index in [4.69, 9.17) is 26.8 Å². The SMILES string of the molecule is CCOc1c(CC(N)=O)cc([C@@](O)(CNC(=O)c2cc(OC)c3nn(C4(F)CC4)cc3c2)c2cccc(F)c2)nc1-c1ccc2c(c1Cl)OC(F)(F)O2. The maximum Gasteiger partial charge on any atom is 0.586 e. The van der Waals surface area contributed by atoms with Crippen molar-refractivity contribution in [3.63, 3.8) is 0 Å². The van der Waals surface area contributed by atoms with E-state index in [0.717, 1.165) is 12.1 Å². The molecular formula is C36H30ClF4N5O7. The number of alkyl halides is 3. The molecule has 17 heteroatoms. The second kappa shape index (κ2) is 13.1. The van der Waals surface area contributed by atoms with Crippen LogP contribution in [-0.2, 0) is 22.6 Å². The van der Waals surface area contributed by atoms with E-state index in [1.54, 1.807) is 6.92 Å². The number of halogens is 5. The number of primary amides is 1. The highest BCUT2D eigenvalue weighted by Crippen LogP contribution is 2.51. The van der Waals surface area contributed by atoms with Gasteiger partial charge in [0.1, 0.15) is 34.1 Å². The van der Waals surface area contributed by atoms with Gasteiger partial charge >= 0.3 is 6.29 Å². The maximum atomic E-state index is 14.8. The molecule has 7 rings (SSSR count). The fourth-order valence-corrected chi connectivity index (χ4v) is 6.38. The van der Waals surface area contributed by atoms with Crippen LogP contribution in [0.1, 0.15) is 46.9 Å². The van der Waals surface area contributed by atoms with Gasteiger partial charge in [-0.1, -0.05) is 23.7 Å². The molecule has 1 atom stereocenters. The lowest BCUT2D eigenvalue weighted by molar-refractivity contribution is -0.286. The zero-order valence-corrected chi connectivity index (χ0v) is 28.8. The Morgan fingerprint density at radius 3 is 2.58 bits per heavy atom. The van der Waals surface area contributed by atoms with Gasteiger partial charge in [-0.15, -0.1) is 8.78 Å². The van der Waals surface area contributed by atoms with Crippen molar-refractivity contribution in [3.8, 4) is 34.3 Å². The van der Waals surface area contributed by atoms with Crippen LogP contribution in [0.3, 0.4) is 0 Å². The Morgan fingerprint density at radius 1 is 1.13 bits per heavy atom. The van der Waals surface area contributed by atoms with E-state index in [0.29, 0.717) is 23.7 Å². The number of hydrogen-bond acceptors (Lipinski definition) is 9. The first-order valence-electron chi connectivity index (χ1n) is 16.2. The van der Waals surface area contributed by atoms with Crippen LogP contribution >= 0.6 is 11.6 Å². The number of benzene rings is 3. The molecular weight excluding hydrogens is 726 g/mol. The number of rotatable bonds is 12. The van der Waals surface area contributed by atoms with Crippen LogP contribution in [0.25, 0.3) is 22.2 Å². The predicted octanol–water partition coefficient (Wildman–Crippen LogP) is 5.73. The number of carbonyl (C=O) groups is 2. The molecule has 2 amide bonds. The minimum Gasteiger partial charge on any atom is -0.494 e. The topological polar surface area (TPSA) is 160 Å². The first-order valence-corrected chi connectivity index (χ1v) is 16.6. The van der Waals surface area contributed by atoms with E-state index < -0.39 is 54.0 Å². The number of pyridine rings is 1. The molecule has 0 saturated heterocycles. The minimum absolute atomic E-state index is 0.0180. The minimum atomic E-state index is -4.00. The van der Waals surface area contributed by atoms with Gasteiger partial charge in [0.05, 0.1) is 37.4 Å². The monoisotopic (exact) mass is 755 g/mol. The zero-order valence-electron chi connectivity index (χ0n) is 28.0. The quantitative estimate of drug-likeness (QED) is 0.135. The highest BCUT2D eigenvalue weighted by molar-refractivity contribution is 6.35. The van der Waals surface area contributed by atoms with Crippen LogP contribution in [0.15, 0.2) is 60.8 Å². The zero-order chi connectivity index (χ0) is 37.9. The predicted molar refractivity (Wildman–Crippen MR) is 181 cm³/mol. The summed E-state index contributed by atoms with van der Waals surface area (Å²) in [4.78, 5) is 30.7. The summed E-state index contributed by atoms with van der Waals surface area (Å²) in [5.41, 5.74) is 3.34. The average Bonchev–Trinajstić information content (AvgIpc) is 3.55. The van der Waals surface area contributed by atoms with Gasteiger partial charge in [0.15, 0.2) is 11.5 Å². The molecule has 1 aliphatic heterocycles. The van der Waals surface area contributed by atoms with Crippen LogP contribution in [0.2, 0.25) is 5.02 Å². The number of aliphatic hydroxyl groups is 1. The van der Waals surface area contributed by atoms with E-state index in [1.807, 2.05) is 0 Å². The number of nitrogens with zero attached hydrogens (tertiary/aromatic N) is 3. The summed E-state index contributed by atoms with van der Waals surface area (Å²) in [5.74, 6) is -4.53. The second-order valence-corrected chi connectivity index (χ2v) is 12.9. The Bertz CT molecular complexity index is 2300. The number of hydrogen-bond donors (Lipinski definition) is 3. The van der Waals surface area contributed by atoms with Crippen molar-refractivity contribution in [2.24, 2.45) is 5.73 Å². The molecule has 0 radical (unpaired) electrons. The summed E-state index contributed by atoms with van der Waals surface area (Å²) < 4.78 is 79.3. The largest absolute Gasteiger partial charge is 0.586 e. The molecule has 0 unspecified atom stereocenters. The van der Waals surface area contributed by atoms with Gasteiger partial charge in [0.25, 0.3) is 5.91 Å². The summed E-state index contributed by atoms with van der Waals surface area (Å²) in [6.07, 6.45) is -2.38. The van der Waals surface area contributed by atoms with E-state index >= 15 is 0 Å². The second-order valence-electron chi connectivity index (χ2n) is 12.5. The number of methoxy groups -OCH3 is 1. The number of fused-ring (bicyclic) bond motifs is 2. The third-order valence-electron chi connectivity index (χ3n) is 8.83. The van der Waals surface area contributed by atoms with Gasteiger partial charge in [-0.25, -0.2) is 18.4 Å². The molecule has 53 heavy (non-hydrogen) atoms. The van der Waals surface area contributed by atoms with Gasteiger partial charge in [0.2, 0.25) is 11.7 Å². The summed E-state index contributed by atoms with van der Waals surface area (Å²) in [7, 11) is 1.37. The molecule has 1 aliphatic carbocycles. The molecule has 3 aromatic carbocycles. The summed E-state index contributed by atoms with van der Waals surface area (Å²) in [5, 5.41) is 19.6. The number of aromatic nitrogens is 3. The van der Waals surface area contributed by atoms with Crippen molar-refractivity contribution in [2.75, 3.05) is 20.3 Å². The van der Waals surface area contributed by atoms with Crippen molar-refractivity contribution >= 4 is 34.3 Å². The van der Waals surface area contributed by atoms with E-state index in [1.165, 1.54) is 60.5 Å². The van der Waals surface area contributed by atoms with Gasteiger partial charge < -0.3 is 35.1 Å². The third kappa shape index (κ3) is 6.63. The van der Waals surface area contributed by atoms with Gasteiger partial charge in [-0.3, -0.25) is 9.59 Å². The molecule has 1 saturated carbocycles. The van der Waals surface area contributed by atoms with E-state index in [9.17, 15) is 32.3 Å². The smallest absolute Gasteiger partial charge is 0.494 e. The van der Waals surface area contributed by atoms with Crippen LogP contribution in [0.5, 0.6) is 23.0 Å². The molecule has 2 aliphatic rings. The highest BCUT2D eigenvalue weighted by atomic mass is 35.5. The number of carbonyl (C=O) groups excluding carboxylic acids is 2. The Kier molecular flexibility index (Phi) is 8.85. The molecule has 0 spiro atoms. The van der Waals surface area contributed by atoms with Crippen molar-refractivity contribution in [3.05, 3.63) is 94.0 Å². The lowest BCUT2D eigenvalue weighted by Gasteiger charge is -2.30. The van der Waals surface area contributed by atoms with Crippen molar-refractivity contribution in [2.45, 2.75) is 43.9 Å². The standard InChI is InChI=1S/C36H30ClF4N5O7/c1-3-51-31-18(14-27(42)47)13-26(44-30(31)23-7-8-24-32(28(23)37)53-36(40,41)52-24)35(49,21-5-4-6-22(38)15-21)17-43-33(48)19-11-20-16-46(34(39)9-10-34)45-29(20)25(12-19)50-2/h4-8,11-13,15-16,49H,3,9-10,14,17H2,1-2H3,(H2,42,47)(H,43,48)/t35-/m1/s1. The van der Waals surface area contributed by atoms with E-state index in [-0.39, 0.29) is 62.5 Å². The van der Waals surface area contributed by atoms with E-state index in [2.05, 4.69) is 24.9 Å². The van der Waals surface area contributed by atoms with Crippen LogP contribution in [-0.4, -0.2) is 58.2 Å². The first-order chi connectivity index (χ1) is 25.1. The third-order valence-corrected chi connectivity index (χ3v) is 9.20. The number of nitrogens with two attached hydrogens (primary N) is 1. The molecule has 1 fully saturated rings. The molecule has 276 valence electrons. The Morgan fingerprint density at radius 2 is 1.91 bits per heavy atom. The molecule has 5 aromatic rings. The fourth-order valence-electron chi connectivity index (χ4n) is 6.09. The number of nitrogens with one attached hydrogen (secondary N) is 1. The lowest BCUT2D eigenvalue weighted by Crippen LogP contribution is -2.42. The molecule has 12 nitrogen and oxygen atoms in total. The lowest BCUT2D eigenvalue weighted by atomic mass is 9.87. The van der Waals surface area contributed by atoms with Gasteiger partial charge in [-0.05, 0) is 55.0 Å². The molecule has 4 N–H and O–H groups in total. The van der Waals surface area contributed by atoms with Gasteiger partial charge in [0, 0.05) is 41.1 Å². The van der Waals surface area contributed by atoms with Crippen molar-refractivity contribution < 1.29 is 51.2 Å². The van der Waals surface area contributed by atoms with Crippen molar-refractivity contribution in [1.29, 1.82) is 0 Å². The fraction of sp³-hybridized carbons (Fsp3) is 0.278. The summed E-state index contributed by atoms with van der Waals surface area (Å²) in [6.45, 7) is 1.06. The highest BCUT2D eigenvalue weighted by Gasteiger charge is 2.47. The number of amides is 2. The maximum absolute atomic E-state index is 14.8. The van der Waals surface area contributed by atoms with Crippen molar-refractivity contribution in [1.82, 2.24) is 20.1 Å². The number of ether oxygens (including phenoxy) is 4. The van der Waals surface area contributed by atoms with Crippen LogP contribution in [0.4, 0.5) is 17.6 Å². The van der Waals surface area contributed by atoms with Gasteiger partial charge in [-0.2, -0.15) is 5.10 Å². The normalized spacial score (nSPS) is 16.2. The average molecular weight is 756 g/mol. The van der Waals surface area contributed by atoms with Crippen LogP contribution in [0, 0.1) is 5.82 Å². The molecule has 0 bridgehead atoms. The summed E-state index contributed by atoms with van der Waals surface area (Å²) >= 11 is 6.59.